The summed E-state index contributed by atoms with van der Waals surface area (Å²) in [5, 5.41) is 3.39. The minimum Gasteiger partial charge on any atom is -0.315 e. The lowest BCUT2D eigenvalue weighted by Gasteiger charge is -2.30. The molecule has 0 saturated carbocycles. The Morgan fingerprint density at radius 2 is 1.76 bits per heavy atom. The lowest BCUT2D eigenvalue weighted by molar-refractivity contribution is 0.494. The van der Waals surface area contributed by atoms with E-state index < -0.39 is 9.84 Å². The van der Waals surface area contributed by atoms with Crippen LogP contribution < -0.4 is 5.32 Å². The topological polar surface area (TPSA) is 46.2 Å². The molecule has 0 heterocycles. The van der Waals surface area contributed by atoms with Gasteiger partial charge in [0.15, 0.2) is 0 Å². The first-order valence-electron chi connectivity index (χ1n) is 6.41. The Balaban J connectivity index is 3.84. The van der Waals surface area contributed by atoms with Gasteiger partial charge in [0.1, 0.15) is 9.84 Å². The van der Waals surface area contributed by atoms with Crippen molar-refractivity contribution in [2.75, 3.05) is 30.9 Å². The monoisotopic (exact) mass is 281 g/mol. The van der Waals surface area contributed by atoms with Gasteiger partial charge >= 0.3 is 0 Å². The van der Waals surface area contributed by atoms with Crippen molar-refractivity contribution in [1.82, 2.24) is 5.32 Å². The molecule has 0 aromatic carbocycles. The predicted octanol–water partition coefficient (Wildman–Crippen LogP) is 2.32. The molecule has 0 aliphatic heterocycles. The van der Waals surface area contributed by atoms with E-state index in [1.165, 1.54) is 0 Å². The van der Waals surface area contributed by atoms with E-state index in [1.807, 2.05) is 11.8 Å². The van der Waals surface area contributed by atoms with Crippen LogP contribution in [0.3, 0.4) is 0 Å². The van der Waals surface area contributed by atoms with Crippen LogP contribution in [0.15, 0.2) is 0 Å². The number of thioether (sulfide) groups is 1. The van der Waals surface area contributed by atoms with Gasteiger partial charge < -0.3 is 5.32 Å². The van der Waals surface area contributed by atoms with Crippen LogP contribution in [0.4, 0.5) is 0 Å². The van der Waals surface area contributed by atoms with Gasteiger partial charge in [-0.3, -0.25) is 0 Å². The van der Waals surface area contributed by atoms with E-state index in [9.17, 15) is 8.42 Å². The molecule has 0 aromatic heterocycles. The fourth-order valence-electron chi connectivity index (χ4n) is 1.74. The summed E-state index contributed by atoms with van der Waals surface area (Å²) >= 11 is 1.90. The van der Waals surface area contributed by atoms with Crippen molar-refractivity contribution in [2.24, 2.45) is 0 Å². The molecule has 0 radical (unpaired) electrons. The number of rotatable bonds is 10. The van der Waals surface area contributed by atoms with Gasteiger partial charge in [-0.1, -0.05) is 20.8 Å². The van der Waals surface area contributed by atoms with Crippen LogP contribution in [-0.4, -0.2) is 44.0 Å². The summed E-state index contributed by atoms with van der Waals surface area (Å²) in [5.41, 5.74) is 0. The van der Waals surface area contributed by atoms with Gasteiger partial charge in [0, 0.05) is 17.0 Å². The highest BCUT2D eigenvalue weighted by molar-refractivity contribution is 8.00. The average Bonchev–Trinajstić information content (AvgIpc) is 2.34. The van der Waals surface area contributed by atoms with Gasteiger partial charge in [0.05, 0.1) is 5.75 Å². The van der Waals surface area contributed by atoms with E-state index >= 15 is 0 Å². The first-order valence-corrected chi connectivity index (χ1v) is 9.46. The standard InChI is InChI=1S/C12H27NO2S2/c1-5-12(6-2,16-4)11-13-9-8-10-17(14,15)7-3/h13H,5-11H2,1-4H3. The van der Waals surface area contributed by atoms with E-state index in [-0.39, 0.29) is 5.75 Å². The maximum absolute atomic E-state index is 11.3. The number of hydrogen-bond acceptors (Lipinski definition) is 4. The molecule has 17 heavy (non-hydrogen) atoms. The molecular weight excluding hydrogens is 254 g/mol. The highest BCUT2D eigenvalue weighted by atomic mass is 32.2. The molecule has 0 rings (SSSR count). The van der Waals surface area contributed by atoms with E-state index in [0.29, 0.717) is 16.9 Å². The Morgan fingerprint density at radius 3 is 2.18 bits per heavy atom. The smallest absolute Gasteiger partial charge is 0.150 e. The molecule has 0 amide bonds. The molecule has 0 spiro atoms. The molecule has 0 aliphatic rings. The summed E-state index contributed by atoms with van der Waals surface area (Å²) in [6.45, 7) is 7.89. The van der Waals surface area contributed by atoms with Crippen LogP contribution in [0.5, 0.6) is 0 Å². The maximum Gasteiger partial charge on any atom is 0.150 e. The van der Waals surface area contributed by atoms with Gasteiger partial charge in [0.2, 0.25) is 0 Å². The molecule has 0 fully saturated rings. The molecule has 104 valence electrons. The van der Waals surface area contributed by atoms with Crippen molar-refractivity contribution in [1.29, 1.82) is 0 Å². The molecule has 1 N–H and O–H groups in total. The van der Waals surface area contributed by atoms with Crippen LogP contribution in [0.1, 0.15) is 40.0 Å². The molecule has 0 aliphatic carbocycles. The van der Waals surface area contributed by atoms with Crippen LogP contribution in [0.2, 0.25) is 0 Å². The zero-order chi connectivity index (χ0) is 13.4. The predicted molar refractivity (Wildman–Crippen MR) is 78.6 cm³/mol. The first-order chi connectivity index (χ1) is 7.95. The van der Waals surface area contributed by atoms with Gasteiger partial charge in [-0.05, 0) is 32.1 Å². The lowest BCUT2D eigenvalue weighted by atomic mass is 10.0. The Morgan fingerprint density at radius 1 is 1.18 bits per heavy atom. The van der Waals surface area contributed by atoms with Crippen molar-refractivity contribution in [3.8, 4) is 0 Å². The Bertz CT molecular complexity index is 277. The highest BCUT2D eigenvalue weighted by Crippen LogP contribution is 2.29. The largest absolute Gasteiger partial charge is 0.315 e. The fraction of sp³-hybridized carbons (Fsp3) is 1.00. The van der Waals surface area contributed by atoms with Crippen molar-refractivity contribution in [3.63, 3.8) is 0 Å². The third kappa shape index (κ3) is 6.67. The third-order valence-electron chi connectivity index (χ3n) is 3.42. The second-order valence-electron chi connectivity index (χ2n) is 4.36. The lowest BCUT2D eigenvalue weighted by Crippen LogP contribution is -2.37. The minimum absolute atomic E-state index is 0.256. The molecule has 3 nitrogen and oxygen atoms in total. The first kappa shape index (κ1) is 17.3. The van der Waals surface area contributed by atoms with E-state index in [4.69, 9.17) is 0 Å². The third-order valence-corrected chi connectivity index (χ3v) is 6.80. The normalized spacial score (nSPS) is 12.9. The molecule has 0 unspecified atom stereocenters. The molecule has 0 saturated heterocycles. The molecule has 0 bridgehead atoms. The van der Waals surface area contributed by atoms with Crippen LogP contribution in [-0.2, 0) is 9.84 Å². The van der Waals surface area contributed by atoms with Gasteiger partial charge in [-0.15, -0.1) is 0 Å². The minimum atomic E-state index is -2.80. The number of nitrogens with one attached hydrogen (secondary N) is 1. The maximum atomic E-state index is 11.3. The summed E-state index contributed by atoms with van der Waals surface area (Å²) < 4.78 is 22.9. The quantitative estimate of drug-likeness (QED) is 0.624. The Kier molecular flexibility index (Phi) is 8.51. The number of hydrogen-bond donors (Lipinski definition) is 1. The summed E-state index contributed by atoms with van der Waals surface area (Å²) in [6, 6.07) is 0. The summed E-state index contributed by atoms with van der Waals surface area (Å²) in [4.78, 5) is 0. The summed E-state index contributed by atoms with van der Waals surface area (Å²) in [6.07, 6.45) is 5.15. The molecular formula is C12H27NO2S2. The second kappa shape index (κ2) is 8.38. The van der Waals surface area contributed by atoms with Crippen LogP contribution in [0, 0.1) is 0 Å². The molecule has 0 atom stereocenters. The number of sulfone groups is 1. The zero-order valence-electron chi connectivity index (χ0n) is 11.6. The molecule has 5 heteroatoms. The van der Waals surface area contributed by atoms with E-state index in [0.717, 1.165) is 25.9 Å². The van der Waals surface area contributed by atoms with Crippen molar-refractivity contribution >= 4 is 21.6 Å². The highest BCUT2D eigenvalue weighted by Gasteiger charge is 2.23. The van der Waals surface area contributed by atoms with Crippen molar-refractivity contribution in [3.05, 3.63) is 0 Å². The van der Waals surface area contributed by atoms with Crippen LogP contribution in [0.25, 0.3) is 0 Å². The SMILES string of the molecule is CCC(CC)(CNCCCS(=O)(=O)CC)SC. The van der Waals surface area contributed by atoms with Crippen molar-refractivity contribution < 1.29 is 8.42 Å². The summed E-state index contributed by atoms with van der Waals surface area (Å²) in [5.74, 6) is 0.562. The average molecular weight is 281 g/mol. The van der Waals surface area contributed by atoms with Gasteiger partial charge in [-0.25, -0.2) is 8.42 Å². The zero-order valence-corrected chi connectivity index (χ0v) is 13.2. The molecule has 0 aromatic rings. The van der Waals surface area contributed by atoms with E-state index in [1.54, 1.807) is 6.92 Å². The fourth-order valence-corrected chi connectivity index (χ4v) is 3.44. The Hall–Kier alpha value is 0.260. The van der Waals surface area contributed by atoms with Gasteiger partial charge in [-0.2, -0.15) is 11.8 Å². The van der Waals surface area contributed by atoms with Crippen LogP contribution >= 0.6 is 11.8 Å². The van der Waals surface area contributed by atoms with Gasteiger partial charge in [0.25, 0.3) is 0 Å². The Labute approximate surface area is 111 Å². The van der Waals surface area contributed by atoms with Crippen molar-refractivity contribution in [2.45, 2.75) is 44.8 Å². The summed E-state index contributed by atoms with van der Waals surface area (Å²) in [7, 11) is -2.80. The second-order valence-corrected chi connectivity index (χ2v) is 8.11. The van der Waals surface area contributed by atoms with E-state index in [2.05, 4.69) is 25.4 Å².